The van der Waals surface area contributed by atoms with Crippen LogP contribution in [0.2, 0.25) is 0 Å². The first-order valence-corrected chi connectivity index (χ1v) is 4.65. The third-order valence-corrected chi connectivity index (χ3v) is 2.37. The Morgan fingerprint density at radius 2 is 2.40 bits per heavy atom. The number of aromatic amines is 1. The summed E-state index contributed by atoms with van der Waals surface area (Å²) in [5, 5.41) is 12.5. The number of fused-ring (bicyclic) bond motifs is 1. The summed E-state index contributed by atoms with van der Waals surface area (Å²) in [6.07, 6.45) is 3.99. The second kappa shape index (κ2) is 4.04. The number of oxime groups is 1. The van der Waals surface area contributed by atoms with Gasteiger partial charge in [0.15, 0.2) is 0 Å². The molecule has 0 fully saturated rings. The lowest BCUT2D eigenvalue weighted by Crippen LogP contribution is -1.84. The fraction of sp³-hybridized carbons (Fsp3) is 0.182. The Kier molecular flexibility index (Phi) is 2.58. The van der Waals surface area contributed by atoms with Crippen LogP contribution in [0.25, 0.3) is 10.9 Å². The summed E-state index contributed by atoms with van der Waals surface area (Å²) in [7, 11) is 1.64. The van der Waals surface area contributed by atoms with E-state index in [2.05, 4.69) is 10.1 Å². The summed E-state index contributed by atoms with van der Waals surface area (Å²) in [6.45, 7) is 0. The molecule has 0 unspecified atom stereocenters. The average molecular weight is 204 g/mol. The number of ether oxygens (including phenoxy) is 1. The molecule has 0 amide bonds. The summed E-state index contributed by atoms with van der Waals surface area (Å²) in [4.78, 5) is 3.15. The molecule has 4 nitrogen and oxygen atoms in total. The molecule has 1 aromatic heterocycles. The van der Waals surface area contributed by atoms with E-state index in [1.807, 2.05) is 24.4 Å². The van der Waals surface area contributed by atoms with Crippen LogP contribution in [-0.2, 0) is 6.42 Å². The topological polar surface area (TPSA) is 57.6 Å². The molecule has 0 saturated heterocycles. The predicted molar refractivity (Wildman–Crippen MR) is 58.8 cm³/mol. The van der Waals surface area contributed by atoms with Crippen molar-refractivity contribution in [3.63, 3.8) is 0 Å². The molecule has 1 heterocycles. The molecule has 0 aliphatic heterocycles. The Balaban J connectivity index is 2.42. The Labute approximate surface area is 87.2 Å². The molecular formula is C11H12N2O2. The van der Waals surface area contributed by atoms with E-state index in [9.17, 15) is 0 Å². The Morgan fingerprint density at radius 1 is 1.53 bits per heavy atom. The van der Waals surface area contributed by atoms with Gasteiger partial charge < -0.3 is 14.9 Å². The quantitative estimate of drug-likeness (QED) is 0.457. The number of nitrogens with zero attached hydrogens (tertiary/aromatic N) is 1. The molecule has 0 radical (unpaired) electrons. The van der Waals surface area contributed by atoms with Gasteiger partial charge in [0, 0.05) is 35.8 Å². The maximum atomic E-state index is 8.36. The van der Waals surface area contributed by atoms with E-state index in [1.165, 1.54) is 6.21 Å². The number of H-pyrrole nitrogens is 1. The highest BCUT2D eigenvalue weighted by molar-refractivity contribution is 5.86. The first-order chi connectivity index (χ1) is 7.35. The Hall–Kier alpha value is -1.97. The summed E-state index contributed by atoms with van der Waals surface area (Å²) in [5.74, 6) is 0.826. The van der Waals surface area contributed by atoms with Crippen LogP contribution in [-0.4, -0.2) is 23.5 Å². The largest absolute Gasteiger partial charge is 0.497 e. The summed E-state index contributed by atoms with van der Waals surface area (Å²) in [5.41, 5.74) is 2.13. The second-order valence-corrected chi connectivity index (χ2v) is 3.23. The molecule has 0 aliphatic carbocycles. The number of rotatable bonds is 3. The molecule has 0 aliphatic rings. The molecule has 15 heavy (non-hydrogen) atoms. The van der Waals surface area contributed by atoms with Gasteiger partial charge in [-0.3, -0.25) is 0 Å². The maximum absolute atomic E-state index is 8.36. The molecule has 1 aromatic carbocycles. The summed E-state index contributed by atoms with van der Waals surface area (Å²) < 4.78 is 5.13. The lowest BCUT2D eigenvalue weighted by Gasteiger charge is -1.99. The molecule has 0 saturated carbocycles. The second-order valence-electron chi connectivity index (χ2n) is 3.23. The smallest absolute Gasteiger partial charge is 0.120 e. The number of nitrogens with one attached hydrogen (secondary N) is 1. The minimum absolute atomic E-state index is 0.614. The van der Waals surface area contributed by atoms with Crippen LogP contribution < -0.4 is 4.74 Å². The zero-order valence-electron chi connectivity index (χ0n) is 8.40. The van der Waals surface area contributed by atoms with Gasteiger partial charge in [-0.05, 0) is 17.7 Å². The first-order valence-electron chi connectivity index (χ1n) is 4.65. The highest BCUT2D eigenvalue weighted by Crippen LogP contribution is 2.23. The van der Waals surface area contributed by atoms with Gasteiger partial charge in [0.2, 0.25) is 0 Å². The fourth-order valence-electron chi connectivity index (χ4n) is 1.60. The number of hydrogen-bond donors (Lipinski definition) is 2. The highest BCUT2D eigenvalue weighted by Gasteiger charge is 2.03. The van der Waals surface area contributed by atoms with E-state index in [1.54, 1.807) is 7.11 Å². The molecule has 0 bridgehead atoms. The molecular weight excluding hydrogens is 192 g/mol. The fourth-order valence-corrected chi connectivity index (χ4v) is 1.60. The van der Waals surface area contributed by atoms with Gasteiger partial charge in [0.1, 0.15) is 5.75 Å². The van der Waals surface area contributed by atoms with Gasteiger partial charge in [0.25, 0.3) is 0 Å². The van der Waals surface area contributed by atoms with Crippen LogP contribution in [0.5, 0.6) is 5.75 Å². The van der Waals surface area contributed by atoms with Crippen LogP contribution in [0.1, 0.15) is 5.56 Å². The van der Waals surface area contributed by atoms with Crippen LogP contribution >= 0.6 is 0 Å². The molecule has 2 N–H and O–H groups in total. The Morgan fingerprint density at radius 3 is 3.13 bits per heavy atom. The molecule has 2 rings (SSSR count). The summed E-state index contributed by atoms with van der Waals surface area (Å²) in [6, 6.07) is 5.84. The van der Waals surface area contributed by atoms with Gasteiger partial charge in [-0.2, -0.15) is 0 Å². The van der Waals surface area contributed by atoms with Crippen molar-refractivity contribution >= 4 is 17.1 Å². The number of hydrogen-bond acceptors (Lipinski definition) is 3. The van der Waals surface area contributed by atoms with Crippen LogP contribution in [0.4, 0.5) is 0 Å². The van der Waals surface area contributed by atoms with E-state index < -0.39 is 0 Å². The minimum Gasteiger partial charge on any atom is -0.497 e. The number of benzene rings is 1. The number of methoxy groups -OCH3 is 1. The van der Waals surface area contributed by atoms with E-state index in [4.69, 9.17) is 9.94 Å². The van der Waals surface area contributed by atoms with Crippen LogP contribution in [0.15, 0.2) is 29.6 Å². The van der Waals surface area contributed by atoms with E-state index in [0.717, 1.165) is 22.2 Å². The van der Waals surface area contributed by atoms with Crippen LogP contribution in [0.3, 0.4) is 0 Å². The predicted octanol–water partition coefficient (Wildman–Crippen LogP) is 2.18. The van der Waals surface area contributed by atoms with Crippen molar-refractivity contribution in [2.24, 2.45) is 5.16 Å². The molecule has 4 heteroatoms. The molecule has 78 valence electrons. The van der Waals surface area contributed by atoms with Gasteiger partial charge in [-0.25, -0.2) is 0 Å². The van der Waals surface area contributed by atoms with Gasteiger partial charge in [-0.1, -0.05) is 0 Å². The maximum Gasteiger partial charge on any atom is 0.120 e. The van der Waals surface area contributed by atoms with Crippen LogP contribution in [0, 0.1) is 0 Å². The van der Waals surface area contributed by atoms with Gasteiger partial charge in [0.05, 0.1) is 7.11 Å². The molecule has 0 spiro atoms. The van der Waals surface area contributed by atoms with Crippen molar-refractivity contribution in [2.45, 2.75) is 6.42 Å². The van der Waals surface area contributed by atoms with Crippen molar-refractivity contribution < 1.29 is 9.94 Å². The zero-order valence-corrected chi connectivity index (χ0v) is 8.40. The first kappa shape index (κ1) is 9.58. The van der Waals surface area contributed by atoms with E-state index in [-0.39, 0.29) is 0 Å². The van der Waals surface area contributed by atoms with Gasteiger partial charge in [-0.15, -0.1) is 5.16 Å². The SMILES string of the molecule is COc1ccc2c(CC=NO)c[nH]c2c1. The summed E-state index contributed by atoms with van der Waals surface area (Å²) >= 11 is 0. The highest BCUT2D eigenvalue weighted by atomic mass is 16.5. The zero-order chi connectivity index (χ0) is 10.7. The van der Waals surface area contributed by atoms with E-state index in [0.29, 0.717) is 6.42 Å². The Bertz CT molecular complexity index is 488. The molecule has 0 atom stereocenters. The molecule has 2 aromatic rings. The average Bonchev–Trinajstić information content (AvgIpc) is 2.68. The third-order valence-electron chi connectivity index (χ3n) is 2.37. The van der Waals surface area contributed by atoms with Crippen molar-refractivity contribution in [3.8, 4) is 5.75 Å². The minimum atomic E-state index is 0.614. The lowest BCUT2D eigenvalue weighted by atomic mass is 10.1. The van der Waals surface area contributed by atoms with Crippen molar-refractivity contribution in [3.05, 3.63) is 30.0 Å². The standard InChI is InChI=1S/C11H12N2O2/c1-15-9-2-3-10-8(4-5-13-14)7-12-11(10)6-9/h2-3,5-7,12,14H,4H2,1H3. The number of aromatic nitrogens is 1. The van der Waals surface area contributed by atoms with Gasteiger partial charge >= 0.3 is 0 Å². The monoisotopic (exact) mass is 204 g/mol. The van der Waals surface area contributed by atoms with Crippen molar-refractivity contribution in [1.29, 1.82) is 0 Å². The van der Waals surface area contributed by atoms with E-state index >= 15 is 0 Å². The van der Waals surface area contributed by atoms with Crippen molar-refractivity contribution in [1.82, 2.24) is 4.98 Å². The third kappa shape index (κ3) is 1.79. The van der Waals surface area contributed by atoms with Crippen molar-refractivity contribution in [2.75, 3.05) is 7.11 Å². The lowest BCUT2D eigenvalue weighted by molar-refractivity contribution is 0.321. The normalized spacial score (nSPS) is 11.3.